The molecular formula is C18H21N3O5S. The lowest BCUT2D eigenvalue weighted by Crippen LogP contribution is -2.45. The summed E-state index contributed by atoms with van der Waals surface area (Å²) in [5.74, 6) is -1.13. The van der Waals surface area contributed by atoms with E-state index in [1.807, 2.05) is 6.92 Å². The van der Waals surface area contributed by atoms with E-state index >= 15 is 0 Å². The molecule has 0 atom stereocenters. The zero-order valence-corrected chi connectivity index (χ0v) is 16.0. The Bertz CT molecular complexity index is 837. The monoisotopic (exact) mass is 391 g/mol. The number of furan rings is 1. The predicted molar refractivity (Wildman–Crippen MR) is 98.5 cm³/mol. The molecule has 0 spiro atoms. The maximum absolute atomic E-state index is 12.7. The van der Waals surface area contributed by atoms with Gasteiger partial charge in [-0.1, -0.05) is 0 Å². The summed E-state index contributed by atoms with van der Waals surface area (Å²) in [4.78, 5) is 44.2. The van der Waals surface area contributed by atoms with Gasteiger partial charge in [-0.15, -0.1) is 11.3 Å². The van der Waals surface area contributed by atoms with Gasteiger partial charge in [-0.05, 0) is 31.9 Å². The third-order valence-electron chi connectivity index (χ3n) is 4.65. The van der Waals surface area contributed by atoms with Crippen LogP contribution < -0.4 is 0 Å². The second-order valence-electron chi connectivity index (χ2n) is 6.56. The van der Waals surface area contributed by atoms with E-state index in [4.69, 9.17) is 9.52 Å². The van der Waals surface area contributed by atoms with Gasteiger partial charge >= 0.3 is 5.97 Å². The molecule has 3 heterocycles. The zero-order chi connectivity index (χ0) is 19.6. The smallest absolute Gasteiger partial charge is 0.306 e. The van der Waals surface area contributed by atoms with Crippen LogP contribution in [0.4, 0.5) is 0 Å². The molecule has 9 heteroatoms. The number of carboxylic acids is 1. The van der Waals surface area contributed by atoms with Crippen molar-refractivity contribution in [1.82, 2.24) is 14.8 Å². The van der Waals surface area contributed by atoms with Crippen molar-refractivity contribution in [3.63, 3.8) is 0 Å². The fourth-order valence-electron chi connectivity index (χ4n) is 3.03. The first-order chi connectivity index (χ1) is 12.9. The molecule has 8 nitrogen and oxygen atoms in total. The number of aliphatic carboxylic acids is 1. The quantitative estimate of drug-likeness (QED) is 0.837. The van der Waals surface area contributed by atoms with Gasteiger partial charge in [0.05, 0.1) is 18.7 Å². The van der Waals surface area contributed by atoms with E-state index in [9.17, 15) is 14.4 Å². The van der Waals surface area contributed by atoms with Crippen LogP contribution in [0.15, 0.2) is 22.8 Å². The first-order valence-corrected chi connectivity index (χ1v) is 9.45. The second-order valence-corrected chi connectivity index (χ2v) is 7.76. The van der Waals surface area contributed by atoms with E-state index in [0.717, 1.165) is 4.88 Å². The molecule has 1 fully saturated rings. The predicted octanol–water partition coefficient (Wildman–Crippen LogP) is 2.11. The number of carboxylic acid groups (broad SMARTS) is 1. The van der Waals surface area contributed by atoms with Gasteiger partial charge in [0.1, 0.15) is 5.69 Å². The number of aromatic nitrogens is 1. The van der Waals surface area contributed by atoms with Gasteiger partial charge in [0.15, 0.2) is 10.8 Å². The Morgan fingerprint density at radius 2 is 2.07 bits per heavy atom. The first-order valence-electron chi connectivity index (χ1n) is 8.64. The van der Waals surface area contributed by atoms with Gasteiger partial charge in [-0.2, -0.15) is 0 Å². The van der Waals surface area contributed by atoms with Crippen molar-refractivity contribution in [2.24, 2.45) is 5.92 Å². The Morgan fingerprint density at radius 3 is 2.67 bits per heavy atom. The third kappa shape index (κ3) is 4.19. The molecule has 1 aliphatic rings. The van der Waals surface area contributed by atoms with Crippen LogP contribution in [0.5, 0.6) is 0 Å². The molecule has 2 aromatic heterocycles. The summed E-state index contributed by atoms with van der Waals surface area (Å²) in [7, 11) is 1.57. The van der Waals surface area contributed by atoms with Gasteiger partial charge in [0.2, 0.25) is 5.91 Å². The molecule has 1 N–H and O–H groups in total. The van der Waals surface area contributed by atoms with E-state index < -0.39 is 11.9 Å². The van der Waals surface area contributed by atoms with Gasteiger partial charge in [-0.25, -0.2) is 4.98 Å². The van der Waals surface area contributed by atoms with Gasteiger partial charge < -0.3 is 19.3 Å². The molecule has 2 aromatic rings. The summed E-state index contributed by atoms with van der Waals surface area (Å²) in [5.41, 5.74) is 0.311. The van der Waals surface area contributed by atoms with Crippen LogP contribution in [0.25, 0.3) is 10.8 Å². The number of amides is 2. The third-order valence-corrected chi connectivity index (χ3v) is 5.63. The summed E-state index contributed by atoms with van der Waals surface area (Å²) in [6.07, 6.45) is 2.43. The number of thiazole rings is 1. The van der Waals surface area contributed by atoms with Crippen molar-refractivity contribution in [2.75, 3.05) is 26.7 Å². The lowest BCUT2D eigenvalue weighted by atomic mass is 9.97. The van der Waals surface area contributed by atoms with Crippen molar-refractivity contribution in [3.05, 3.63) is 29.0 Å². The molecular weight excluding hydrogens is 370 g/mol. The highest BCUT2D eigenvalue weighted by molar-refractivity contribution is 7.15. The maximum Gasteiger partial charge on any atom is 0.306 e. The summed E-state index contributed by atoms with van der Waals surface area (Å²) in [6, 6.07) is 3.53. The number of rotatable bonds is 5. The fraction of sp³-hybridized carbons (Fsp3) is 0.444. The van der Waals surface area contributed by atoms with Crippen LogP contribution >= 0.6 is 11.3 Å². The standard InChI is InChI=1S/C18H21N3O5S/c1-11-15(19-16(27-11)13-4-3-9-26-13)17(23)20(2)10-14(22)21-7-5-12(6-8-21)18(24)25/h3-4,9,12H,5-8,10H2,1-2H3,(H,24,25). The molecule has 0 bridgehead atoms. The van der Waals surface area contributed by atoms with Crippen LogP contribution in [0.3, 0.4) is 0 Å². The Balaban J connectivity index is 1.61. The molecule has 1 saturated heterocycles. The topological polar surface area (TPSA) is 104 Å². The molecule has 27 heavy (non-hydrogen) atoms. The average molecular weight is 391 g/mol. The van der Waals surface area contributed by atoms with Crippen LogP contribution in [0.1, 0.15) is 28.2 Å². The molecule has 0 saturated carbocycles. The van der Waals surface area contributed by atoms with E-state index in [1.54, 1.807) is 30.3 Å². The lowest BCUT2D eigenvalue weighted by molar-refractivity contribution is -0.145. The minimum absolute atomic E-state index is 0.0658. The summed E-state index contributed by atoms with van der Waals surface area (Å²) in [5, 5.41) is 9.66. The molecule has 3 rings (SSSR count). The molecule has 0 radical (unpaired) electrons. The molecule has 0 unspecified atom stereocenters. The minimum atomic E-state index is -0.819. The van der Waals surface area contributed by atoms with Crippen molar-refractivity contribution in [1.29, 1.82) is 0 Å². The Hall–Kier alpha value is -2.68. The SMILES string of the molecule is Cc1sc(-c2ccco2)nc1C(=O)N(C)CC(=O)N1CCC(C(=O)O)CC1. The van der Waals surface area contributed by atoms with E-state index in [1.165, 1.54) is 16.2 Å². The minimum Gasteiger partial charge on any atom is -0.481 e. The number of nitrogens with zero attached hydrogens (tertiary/aromatic N) is 3. The number of carbonyl (C=O) groups excluding carboxylic acids is 2. The van der Waals surface area contributed by atoms with E-state index in [0.29, 0.717) is 42.4 Å². The molecule has 2 amide bonds. The molecule has 1 aliphatic heterocycles. The lowest BCUT2D eigenvalue weighted by Gasteiger charge is -2.31. The summed E-state index contributed by atoms with van der Waals surface area (Å²) in [6.45, 7) is 2.54. The van der Waals surface area contributed by atoms with Crippen molar-refractivity contribution in [3.8, 4) is 10.8 Å². The first kappa shape index (κ1) is 19.1. The Labute approximate surface area is 160 Å². The Kier molecular flexibility index (Phi) is 5.59. The average Bonchev–Trinajstić information content (AvgIpc) is 3.30. The van der Waals surface area contributed by atoms with Crippen molar-refractivity contribution >= 4 is 29.1 Å². The van der Waals surface area contributed by atoms with Gasteiger partial charge in [0, 0.05) is 25.0 Å². The number of aryl methyl sites for hydroxylation is 1. The normalized spacial score (nSPS) is 15.0. The molecule has 0 aliphatic carbocycles. The maximum atomic E-state index is 12.7. The molecule has 144 valence electrons. The highest BCUT2D eigenvalue weighted by atomic mass is 32.1. The summed E-state index contributed by atoms with van der Waals surface area (Å²) >= 11 is 1.36. The van der Waals surface area contributed by atoms with Crippen molar-refractivity contribution < 1.29 is 23.9 Å². The van der Waals surface area contributed by atoms with Gasteiger partial charge in [0.25, 0.3) is 5.91 Å². The number of carbonyl (C=O) groups is 3. The summed E-state index contributed by atoms with van der Waals surface area (Å²) < 4.78 is 5.32. The van der Waals surface area contributed by atoms with Gasteiger partial charge in [-0.3, -0.25) is 14.4 Å². The Morgan fingerprint density at radius 1 is 1.37 bits per heavy atom. The van der Waals surface area contributed by atoms with Crippen LogP contribution in [0, 0.1) is 12.8 Å². The van der Waals surface area contributed by atoms with Crippen LogP contribution in [-0.4, -0.2) is 64.4 Å². The van der Waals surface area contributed by atoms with E-state index in [-0.39, 0.29) is 18.4 Å². The molecule has 0 aromatic carbocycles. The number of likely N-dealkylation sites (N-methyl/N-ethyl adjacent to an activating group) is 1. The highest BCUT2D eigenvalue weighted by Gasteiger charge is 2.29. The van der Waals surface area contributed by atoms with Crippen LogP contribution in [0.2, 0.25) is 0 Å². The highest BCUT2D eigenvalue weighted by Crippen LogP contribution is 2.28. The second kappa shape index (κ2) is 7.91. The number of hydrogen-bond acceptors (Lipinski definition) is 6. The largest absolute Gasteiger partial charge is 0.481 e. The van der Waals surface area contributed by atoms with Crippen LogP contribution in [-0.2, 0) is 9.59 Å². The number of hydrogen-bond donors (Lipinski definition) is 1. The van der Waals surface area contributed by atoms with Crippen molar-refractivity contribution in [2.45, 2.75) is 19.8 Å². The fourth-order valence-corrected chi connectivity index (χ4v) is 3.91. The zero-order valence-electron chi connectivity index (χ0n) is 15.2. The number of piperidine rings is 1. The number of likely N-dealkylation sites (tertiary alicyclic amines) is 1. The van der Waals surface area contributed by atoms with E-state index in [2.05, 4.69) is 4.98 Å².